The number of piperidine rings is 1. The smallest absolute Gasteiger partial charge is 0.301 e. The molecule has 1 amide bonds. The van der Waals surface area contributed by atoms with Crippen LogP contribution >= 0.6 is 0 Å². The van der Waals surface area contributed by atoms with Gasteiger partial charge in [0, 0.05) is 17.9 Å². The Morgan fingerprint density at radius 2 is 1.78 bits per heavy atom. The molecule has 4 bridgehead atoms. The van der Waals surface area contributed by atoms with Crippen LogP contribution in [-0.4, -0.2) is 39.5 Å². The molecule has 0 aromatic heterocycles. The maximum Gasteiger partial charge on any atom is 0.301 e. The number of amides is 1. The summed E-state index contributed by atoms with van der Waals surface area (Å²) in [5, 5.41) is 10.8. The van der Waals surface area contributed by atoms with Gasteiger partial charge in [-0.1, -0.05) is 0 Å². The van der Waals surface area contributed by atoms with Crippen molar-refractivity contribution in [2.24, 2.45) is 23.2 Å². The Balaban J connectivity index is 1.44. The molecular formula is C18H22N2O3. The van der Waals surface area contributed by atoms with Gasteiger partial charge in [0.25, 0.3) is 5.91 Å². The molecule has 6 aliphatic rings. The van der Waals surface area contributed by atoms with Crippen LogP contribution < -0.4 is 0 Å². The van der Waals surface area contributed by atoms with Crippen LogP contribution in [0.5, 0.6) is 0 Å². The molecule has 0 aromatic carbocycles. The first-order valence-electron chi connectivity index (χ1n) is 8.89. The summed E-state index contributed by atoms with van der Waals surface area (Å²) in [5.41, 5.74) is -1.37. The Morgan fingerprint density at radius 3 is 2.39 bits per heavy atom. The maximum absolute atomic E-state index is 13.1. The Bertz CT molecular complexity index is 637. The van der Waals surface area contributed by atoms with E-state index in [4.69, 9.17) is 6.57 Å². The normalized spacial score (nSPS) is 52.2. The van der Waals surface area contributed by atoms with Gasteiger partial charge in [-0.3, -0.25) is 19.3 Å². The minimum Gasteiger partial charge on any atom is -0.390 e. The molecule has 0 aromatic rings. The van der Waals surface area contributed by atoms with Crippen LogP contribution in [0.3, 0.4) is 0 Å². The molecule has 5 atom stereocenters. The molecule has 5 saturated carbocycles. The summed E-state index contributed by atoms with van der Waals surface area (Å²) in [6, 6.07) is 0.127. The summed E-state index contributed by atoms with van der Waals surface area (Å²) in [6.45, 7) is 7.31. The molecule has 1 heterocycles. The van der Waals surface area contributed by atoms with Crippen LogP contribution in [0.4, 0.5) is 0 Å². The fraction of sp³-hybridized carbons (Fsp3) is 0.833. The van der Waals surface area contributed by atoms with Gasteiger partial charge in [0.15, 0.2) is 0 Å². The summed E-state index contributed by atoms with van der Waals surface area (Å²) in [6.07, 6.45) is 5.93. The monoisotopic (exact) mass is 314 g/mol. The second-order valence-electron chi connectivity index (χ2n) is 8.92. The van der Waals surface area contributed by atoms with Crippen LogP contribution in [0.15, 0.2) is 0 Å². The van der Waals surface area contributed by atoms with E-state index in [1.807, 2.05) is 0 Å². The highest BCUT2D eigenvalue weighted by molar-refractivity contribution is 6.38. The highest BCUT2D eigenvalue weighted by atomic mass is 16.3. The lowest BCUT2D eigenvalue weighted by molar-refractivity contribution is -0.181. The zero-order chi connectivity index (χ0) is 16.0. The van der Waals surface area contributed by atoms with Crippen LogP contribution in [-0.2, 0) is 9.59 Å². The van der Waals surface area contributed by atoms with Crippen molar-refractivity contribution in [2.45, 2.75) is 69.2 Å². The quantitative estimate of drug-likeness (QED) is 0.624. The highest BCUT2D eigenvalue weighted by Gasteiger charge is 2.64. The summed E-state index contributed by atoms with van der Waals surface area (Å²) >= 11 is 0. The molecule has 0 spiro atoms. The van der Waals surface area contributed by atoms with Crippen molar-refractivity contribution in [1.29, 1.82) is 0 Å². The summed E-state index contributed by atoms with van der Waals surface area (Å²) in [5.74, 6) is 0.489. The minimum absolute atomic E-state index is 0.127. The van der Waals surface area contributed by atoms with Crippen LogP contribution in [0, 0.1) is 29.7 Å². The van der Waals surface area contributed by atoms with Crippen molar-refractivity contribution in [3.63, 3.8) is 0 Å². The predicted molar refractivity (Wildman–Crippen MR) is 80.8 cm³/mol. The average molecular weight is 314 g/mol. The third-order valence-electron chi connectivity index (χ3n) is 7.17. The molecule has 5 heteroatoms. The van der Waals surface area contributed by atoms with Gasteiger partial charge in [-0.25, -0.2) is 6.57 Å². The number of aliphatic hydroxyl groups is 1. The summed E-state index contributed by atoms with van der Waals surface area (Å²) < 4.78 is 0. The molecule has 5 unspecified atom stereocenters. The lowest BCUT2D eigenvalue weighted by Gasteiger charge is -2.59. The van der Waals surface area contributed by atoms with Crippen molar-refractivity contribution < 1.29 is 14.7 Å². The molecule has 1 saturated heterocycles. The van der Waals surface area contributed by atoms with Gasteiger partial charge in [0.05, 0.1) is 5.60 Å². The van der Waals surface area contributed by atoms with Crippen molar-refractivity contribution in [3.8, 4) is 0 Å². The Hall–Kier alpha value is -1.41. The zero-order valence-electron chi connectivity index (χ0n) is 13.2. The molecule has 23 heavy (non-hydrogen) atoms. The maximum atomic E-state index is 13.1. The number of carbonyl (C=O) groups excluding carboxylic acids is 2. The van der Waals surface area contributed by atoms with Gasteiger partial charge >= 0.3 is 6.17 Å². The second-order valence-corrected chi connectivity index (χ2v) is 8.92. The molecule has 6 rings (SSSR count). The molecule has 5 aliphatic carbocycles. The first kappa shape index (κ1) is 14.0. The first-order chi connectivity index (χ1) is 10.9. The van der Waals surface area contributed by atoms with E-state index in [-0.39, 0.29) is 11.8 Å². The van der Waals surface area contributed by atoms with E-state index >= 15 is 0 Å². The van der Waals surface area contributed by atoms with E-state index in [0.717, 1.165) is 44.9 Å². The van der Waals surface area contributed by atoms with Gasteiger partial charge in [-0.2, -0.15) is 0 Å². The zero-order valence-corrected chi connectivity index (χ0v) is 13.2. The average Bonchev–Trinajstić information content (AvgIpc) is 3.14. The van der Waals surface area contributed by atoms with Gasteiger partial charge < -0.3 is 5.11 Å². The largest absolute Gasteiger partial charge is 0.390 e. The number of hydrogen-bond donors (Lipinski definition) is 1. The molecule has 6 fully saturated rings. The van der Waals surface area contributed by atoms with Gasteiger partial charge in [-0.15, -0.1) is 0 Å². The fourth-order valence-corrected chi connectivity index (χ4v) is 6.66. The summed E-state index contributed by atoms with van der Waals surface area (Å²) in [4.78, 5) is 31.2. The second kappa shape index (κ2) is 4.16. The molecule has 122 valence electrons. The number of ketones is 1. The number of nitrogens with zero attached hydrogens (tertiary/aromatic N) is 2. The number of hydrogen-bond acceptors (Lipinski definition) is 3. The van der Waals surface area contributed by atoms with E-state index in [0.29, 0.717) is 24.2 Å². The van der Waals surface area contributed by atoms with E-state index in [2.05, 4.69) is 4.85 Å². The molecule has 1 aliphatic heterocycles. The van der Waals surface area contributed by atoms with Crippen LogP contribution in [0.2, 0.25) is 0 Å². The Labute approximate surface area is 135 Å². The highest BCUT2D eigenvalue weighted by Crippen LogP contribution is 2.62. The SMILES string of the molecule is [C-]#[N+]C1CC2CC2N1C(=O)C(=O)C12CC3CC(CC(O)(C3)C1)C2. The van der Waals surface area contributed by atoms with Crippen LogP contribution in [0.25, 0.3) is 4.85 Å². The van der Waals surface area contributed by atoms with E-state index < -0.39 is 23.1 Å². The lowest BCUT2D eigenvalue weighted by Crippen LogP contribution is -2.60. The lowest BCUT2D eigenvalue weighted by atomic mass is 9.47. The number of Topliss-reactive ketones (excluding diaryl/α,β-unsaturated/α-hetero) is 1. The topological polar surface area (TPSA) is 62.0 Å². The molecule has 5 nitrogen and oxygen atoms in total. The van der Waals surface area contributed by atoms with Crippen molar-refractivity contribution in [1.82, 2.24) is 4.90 Å². The Morgan fingerprint density at radius 1 is 1.09 bits per heavy atom. The van der Waals surface area contributed by atoms with Crippen LogP contribution in [0.1, 0.15) is 51.4 Å². The number of fused-ring (bicyclic) bond motifs is 1. The molecule has 1 N–H and O–H groups in total. The third-order valence-corrected chi connectivity index (χ3v) is 7.17. The fourth-order valence-electron chi connectivity index (χ4n) is 6.66. The standard InChI is InChI=1S/C18H22N2O3/c1-19-14-4-12-3-13(12)20(14)16(22)15(21)17-5-10-2-11(6-17)8-18(23,7-10)9-17/h10-14,23H,2-9H2. The van der Waals surface area contributed by atoms with E-state index in [1.54, 1.807) is 4.90 Å². The minimum atomic E-state index is -0.730. The van der Waals surface area contributed by atoms with Gasteiger partial charge in [0.2, 0.25) is 5.78 Å². The van der Waals surface area contributed by atoms with Crippen molar-refractivity contribution >= 4 is 11.7 Å². The van der Waals surface area contributed by atoms with Crippen molar-refractivity contribution in [2.75, 3.05) is 0 Å². The molecular weight excluding hydrogens is 292 g/mol. The Kier molecular flexibility index (Phi) is 2.53. The van der Waals surface area contributed by atoms with Crippen molar-refractivity contribution in [3.05, 3.63) is 11.4 Å². The van der Waals surface area contributed by atoms with E-state index in [9.17, 15) is 14.7 Å². The number of carbonyl (C=O) groups is 2. The van der Waals surface area contributed by atoms with E-state index in [1.165, 1.54) is 0 Å². The predicted octanol–water partition coefficient (Wildman–Crippen LogP) is 1.75. The summed E-state index contributed by atoms with van der Waals surface area (Å²) in [7, 11) is 0. The molecule has 0 radical (unpaired) electrons. The van der Waals surface area contributed by atoms with Gasteiger partial charge in [-0.05, 0) is 62.7 Å². The third kappa shape index (κ3) is 1.82. The first-order valence-corrected chi connectivity index (χ1v) is 8.89. The van der Waals surface area contributed by atoms with Gasteiger partial charge in [0.1, 0.15) is 0 Å². The number of likely N-dealkylation sites (tertiary alicyclic amines) is 1. The number of rotatable bonds is 2.